The number of aromatic hydroxyl groups is 1. The number of rotatable bonds is 1. The van der Waals surface area contributed by atoms with Crippen molar-refractivity contribution in [1.82, 2.24) is 4.90 Å². The van der Waals surface area contributed by atoms with E-state index in [0.29, 0.717) is 31.5 Å². The summed E-state index contributed by atoms with van der Waals surface area (Å²) >= 11 is 0. The molecule has 1 atom stereocenters. The molecule has 6 heteroatoms. The fourth-order valence-corrected chi connectivity index (χ4v) is 2.07. The average Bonchev–Trinajstić information content (AvgIpc) is 2.27. The first-order chi connectivity index (χ1) is 8.49. The molecule has 98 valence electrons. The summed E-state index contributed by atoms with van der Waals surface area (Å²) in [6, 6.07) is 1.24. The molecule has 0 aliphatic carbocycles. The summed E-state index contributed by atoms with van der Waals surface area (Å²) in [5.74, 6) is -3.50. The van der Waals surface area contributed by atoms with Gasteiger partial charge in [0.2, 0.25) is 0 Å². The minimum atomic E-state index is -1.10. The van der Waals surface area contributed by atoms with Gasteiger partial charge in [0, 0.05) is 25.2 Å². The van der Waals surface area contributed by atoms with E-state index in [1.807, 2.05) is 0 Å². The van der Waals surface area contributed by atoms with E-state index in [2.05, 4.69) is 0 Å². The zero-order valence-corrected chi connectivity index (χ0v) is 9.57. The number of aliphatic hydroxyl groups excluding tert-OH is 1. The maximum absolute atomic E-state index is 13.5. The van der Waals surface area contributed by atoms with E-state index >= 15 is 0 Å². The topological polar surface area (TPSA) is 60.8 Å². The Hall–Kier alpha value is -1.69. The van der Waals surface area contributed by atoms with Crippen LogP contribution >= 0.6 is 0 Å². The standard InChI is InChI=1S/C12H13F2NO3/c13-7-4-9(14)11(10(17)5-7)12(18)15-3-1-2-8(16)6-15/h4-5,8,16-17H,1-3,6H2. The van der Waals surface area contributed by atoms with E-state index in [4.69, 9.17) is 0 Å². The van der Waals surface area contributed by atoms with Crippen molar-refractivity contribution in [3.8, 4) is 5.75 Å². The van der Waals surface area contributed by atoms with Gasteiger partial charge in [0.1, 0.15) is 22.9 Å². The van der Waals surface area contributed by atoms with Crippen LogP contribution in [0.25, 0.3) is 0 Å². The van der Waals surface area contributed by atoms with Crippen LogP contribution < -0.4 is 0 Å². The Morgan fingerprint density at radius 3 is 2.72 bits per heavy atom. The Balaban J connectivity index is 2.28. The second-order valence-corrected chi connectivity index (χ2v) is 4.33. The smallest absolute Gasteiger partial charge is 0.260 e. The van der Waals surface area contributed by atoms with Crippen LogP contribution in [0.1, 0.15) is 23.2 Å². The molecular formula is C12H13F2NO3. The zero-order chi connectivity index (χ0) is 13.3. The number of benzene rings is 1. The lowest BCUT2D eigenvalue weighted by molar-refractivity contribution is 0.0467. The molecule has 1 heterocycles. The first-order valence-electron chi connectivity index (χ1n) is 5.64. The minimum Gasteiger partial charge on any atom is -0.507 e. The summed E-state index contributed by atoms with van der Waals surface area (Å²) in [7, 11) is 0. The summed E-state index contributed by atoms with van der Waals surface area (Å²) in [6.45, 7) is 0.473. The molecule has 4 nitrogen and oxygen atoms in total. The highest BCUT2D eigenvalue weighted by molar-refractivity contribution is 5.97. The Bertz CT molecular complexity index is 455. The second kappa shape index (κ2) is 4.89. The van der Waals surface area contributed by atoms with E-state index in [0.717, 1.165) is 0 Å². The third kappa shape index (κ3) is 2.43. The SMILES string of the molecule is O=C(c1c(O)cc(F)cc1F)N1CCCC(O)C1. The second-order valence-electron chi connectivity index (χ2n) is 4.33. The maximum atomic E-state index is 13.5. The van der Waals surface area contributed by atoms with Crippen molar-refractivity contribution in [2.75, 3.05) is 13.1 Å². The average molecular weight is 257 g/mol. The lowest BCUT2D eigenvalue weighted by Crippen LogP contribution is -2.42. The summed E-state index contributed by atoms with van der Waals surface area (Å²) < 4.78 is 26.3. The number of carbonyl (C=O) groups excluding carboxylic acids is 1. The molecule has 1 fully saturated rings. The molecule has 0 spiro atoms. The number of β-amino-alcohol motifs (C(OH)–C–C–N with tert-alkyl or cyclic N) is 1. The van der Waals surface area contributed by atoms with Crippen molar-refractivity contribution in [1.29, 1.82) is 0 Å². The van der Waals surface area contributed by atoms with Crippen molar-refractivity contribution < 1.29 is 23.8 Å². The number of aliphatic hydroxyl groups is 1. The first-order valence-corrected chi connectivity index (χ1v) is 5.64. The zero-order valence-electron chi connectivity index (χ0n) is 9.57. The quantitative estimate of drug-likeness (QED) is 0.796. The largest absolute Gasteiger partial charge is 0.507 e. The van der Waals surface area contributed by atoms with E-state index in [1.165, 1.54) is 4.90 Å². The number of hydrogen-bond donors (Lipinski definition) is 2. The van der Waals surface area contributed by atoms with E-state index in [1.54, 1.807) is 0 Å². The molecule has 18 heavy (non-hydrogen) atoms. The Labute approximate surface area is 102 Å². The monoisotopic (exact) mass is 257 g/mol. The number of phenols is 1. The molecule has 0 radical (unpaired) electrons. The van der Waals surface area contributed by atoms with Crippen molar-refractivity contribution >= 4 is 5.91 Å². The predicted octanol–water partition coefficient (Wildman–Crippen LogP) is 1.27. The molecule has 1 amide bonds. The number of hydrogen-bond acceptors (Lipinski definition) is 3. The van der Waals surface area contributed by atoms with Gasteiger partial charge in [-0.15, -0.1) is 0 Å². The molecule has 2 rings (SSSR count). The molecule has 1 aliphatic rings. The van der Waals surface area contributed by atoms with Crippen LogP contribution in [-0.2, 0) is 0 Å². The number of carbonyl (C=O) groups is 1. The van der Waals surface area contributed by atoms with Crippen LogP contribution in [0.15, 0.2) is 12.1 Å². The van der Waals surface area contributed by atoms with Gasteiger partial charge in [-0.2, -0.15) is 0 Å². The van der Waals surface area contributed by atoms with Gasteiger partial charge in [0.15, 0.2) is 0 Å². The summed E-state index contributed by atoms with van der Waals surface area (Å²) in [6.07, 6.45) is 0.548. The maximum Gasteiger partial charge on any atom is 0.260 e. The Morgan fingerprint density at radius 1 is 1.39 bits per heavy atom. The van der Waals surface area contributed by atoms with Gasteiger partial charge in [0.05, 0.1) is 6.10 Å². The summed E-state index contributed by atoms with van der Waals surface area (Å²) in [5, 5.41) is 18.9. The Morgan fingerprint density at radius 2 is 2.11 bits per heavy atom. The highest BCUT2D eigenvalue weighted by Crippen LogP contribution is 2.25. The Kier molecular flexibility index (Phi) is 3.47. The fraction of sp³-hybridized carbons (Fsp3) is 0.417. The number of amides is 1. The third-order valence-corrected chi connectivity index (χ3v) is 2.93. The molecule has 0 bridgehead atoms. The number of piperidine rings is 1. The van der Waals surface area contributed by atoms with Crippen molar-refractivity contribution in [2.24, 2.45) is 0 Å². The minimum absolute atomic E-state index is 0.0924. The van der Waals surface area contributed by atoms with Crippen molar-refractivity contribution in [3.63, 3.8) is 0 Å². The summed E-state index contributed by atoms with van der Waals surface area (Å²) in [5.41, 5.74) is -0.550. The molecule has 0 saturated carbocycles. The van der Waals surface area contributed by atoms with E-state index in [9.17, 15) is 23.8 Å². The van der Waals surface area contributed by atoms with Crippen LogP contribution in [0.2, 0.25) is 0 Å². The molecule has 1 unspecified atom stereocenters. The number of nitrogens with zero attached hydrogens (tertiary/aromatic N) is 1. The van der Waals surface area contributed by atoms with Crippen LogP contribution in [-0.4, -0.2) is 40.2 Å². The molecule has 1 aromatic rings. The van der Waals surface area contributed by atoms with Crippen LogP contribution in [0.5, 0.6) is 5.75 Å². The van der Waals surface area contributed by atoms with Gasteiger partial charge in [-0.3, -0.25) is 4.79 Å². The van der Waals surface area contributed by atoms with Gasteiger partial charge in [0.25, 0.3) is 5.91 Å². The molecule has 2 N–H and O–H groups in total. The predicted molar refractivity (Wildman–Crippen MR) is 59.2 cm³/mol. The van der Waals surface area contributed by atoms with Gasteiger partial charge in [-0.05, 0) is 12.8 Å². The lowest BCUT2D eigenvalue weighted by atomic mass is 10.1. The van der Waals surface area contributed by atoms with E-state index in [-0.39, 0.29) is 6.54 Å². The third-order valence-electron chi connectivity index (χ3n) is 2.93. The number of likely N-dealkylation sites (tertiary alicyclic amines) is 1. The van der Waals surface area contributed by atoms with Crippen molar-refractivity contribution in [2.45, 2.75) is 18.9 Å². The molecule has 1 saturated heterocycles. The fourth-order valence-electron chi connectivity index (χ4n) is 2.07. The van der Waals surface area contributed by atoms with Crippen molar-refractivity contribution in [3.05, 3.63) is 29.3 Å². The molecule has 1 aromatic carbocycles. The van der Waals surface area contributed by atoms with Gasteiger partial charge in [-0.25, -0.2) is 8.78 Å². The number of halogens is 2. The first kappa shape index (κ1) is 12.8. The highest BCUT2D eigenvalue weighted by atomic mass is 19.1. The normalized spacial score (nSPS) is 19.9. The molecule has 0 aromatic heterocycles. The van der Waals surface area contributed by atoms with Gasteiger partial charge in [-0.1, -0.05) is 0 Å². The van der Waals surface area contributed by atoms with Crippen LogP contribution in [0.4, 0.5) is 8.78 Å². The highest BCUT2D eigenvalue weighted by Gasteiger charge is 2.27. The van der Waals surface area contributed by atoms with Crippen LogP contribution in [0.3, 0.4) is 0 Å². The van der Waals surface area contributed by atoms with Gasteiger partial charge >= 0.3 is 0 Å². The van der Waals surface area contributed by atoms with Gasteiger partial charge < -0.3 is 15.1 Å². The van der Waals surface area contributed by atoms with E-state index < -0.39 is 35.0 Å². The van der Waals surface area contributed by atoms with Crippen LogP contribution in [0, 0.1) is 11.6 Å². The molecular weight excluding hydrogens is 244 g/mol. The summed E-state index contributed by atoms with van der Waals surface area (Å²) in [4.78, 5) is 13.2. The molecule has 1 aliphatic heterocycles. The number of phenolic OH excluding ortho intramolecular Hbond substituents is 1. The lowest BCUT2D eigenvalue weighted by Gasteiger charge is -2.30.